The molecule has 1 saturated carbocycles. The molecule has 124 valence electrons. The predicted octanol–water partition coefficient (Wildman–Crippen LogP) is 2.50. The summed E-state index contributed by atoms with van der Waals surface area (Å²) in [6.07, 6.45) is 6.94. The highest BCUT2D eigenvalue weighted by molar-refractivity contribution is 5.82. The molecule has 1 unspecified atom stereocenters. The van der Waals surface area contributed by atoms with Crippen LogP contribution >= 0.6 is 0 Å². The number of nitrogens with one attached hydrogen (secondary N) is 1. The molecule has 0 spiro atoms. The lowest BCUT2D eigenvalue weighted by Crippen LogP contribution is -2.46. The summed E-state index contributed by atoms with van der Waals surface area (Å²) in [4.78, 5) is 13.0. The Morgan fingerprint density at radius 2 is 1.87 bits per heavy atom. The standard InChI is InChI=1S/C19H25NO3/c21-18(23-17-12-15-10-11-16(17)20-15)19(22,14-8-4-5-9-14)13-6-2-1-3-7-13/h1-3,6-7,14-17,20,22H,4-5,8-12H2/t15?,16-,17+,19+/m1/s1. The van der Waals surface area contributed by atoms with E-state index in [2.05, 4.69) is 5.32 Å². The van der Waals surface area contributed by atoms with Crippen molar-refractivity contribution in [1.82, 2.24) is 5.32 Å². The molecule has 2 saturated heterocycles. The molecule has 3 aliphatic rings. The maximum atomic E-state index is 13.0. The van der Waals surface area contributed by atoms with Gasteiger partial charge in [-0.3, -0.25) is 0 Å². The molecule has 4 atom stereocenters. The van der Waals surface area contributed by atoms with Crippen LogP contribution in [0.5, 0.6) is 0 Å². The number of aliphatic hydroxyl groups is 1. The van der Waals surface area contributed by atoms with Crippen LogP contribution in [0, 0.1) is 5.92 Å². The van der Waals surface area contributed by atoms with Gasteiger partial charge in [0.05, 0.1) is 0 Å². The molecular weight excluding hydrogens is 290 g/mol. The fourth-order valence-corrected chi connectivity index (χ4v) is 4.69. The fourth-order valence-electron chi connectivity index (χ4n) is 4.69. The highest BCUT2D eigenvalue weighted by Gasteiger charge is 2.50. The first-order valence-corrected chi connectivity index (χ1v) is 8.93. The molecule has 1 aliphatic carbocycles. The van der Waals surface area contributed by atoms with Gasteiger partial charge in [0, 0.05) is 24.4 Å². The summed E-state index contributed by atoms with van der Waals surface area (Å²) >= 11 is 0. The van der Waals surface area contributed by atoms with Gasteiger partial charge < -0.3 is 15.2 Å². The van der Waals surface area contributed by atoms with Gasteiger partial charge in [-0.05, 0) is 31.2 Å². The van der Waals surface area contributed by atoms with Crippen LogP contribution in [-0.2, 0) is 15.1 Å². The van der Waals surface area contributed by atoms with E-state index in [-0.39, 0.29) is 18.1 Å². The van der Waals surface area contributed by atoms with Crippen molar-refractivity contribution in [3.8, 4) is 0 Å². The van der Waals surface area contributed by atoms with Crippen molar-refractivity contribution < 1.29 is 14.6 Å². The first-order chi connectivity index (χ1) is 11.2. The Bertz CT molecular complexity index is 569. The summed E-state index contributed by atoms with van der Waals surface area (Å²) in [5.74, 6) is -0.487. The predicted molar refractivity (Wildman–Crippen MR) is 86.7 cm³/mol. The number of benzene rings is 1. The summed E-state index contributed by atoms with van der Waals surface area (Å²) < 4.78 is 5.83. The lowest BCUT2D eigenvalue weighted by Gasteiger charge is -2.34. The van der Waals surface area contributed by atoms with Gasteiger partial charge in [0.1, 0.15) is 6.10 Å². The number of esters is 1. The van der Waals surface area contributed by atoms with Gasteiger partial charge in [0.25, 0.3) is 0 Å². The van der Waals surface area contributed by atoms with E-state index >= 15 is 0 Å². The molecule has 3 fully saturated rings. The molecule has 1 aromatic rings. The quantitative estimate of drug-likeness (QED) is 0.838. The van der Waals surface area contributed by atoms with E-state index in [0.717, 1.165) is 38.5 Å². The lowest BCUT2D eigenvalue weighted by molar-refractivity contribution is -0.180. The second kappa shape index (κ2) is 5.91. The third kappa shape index (κ3) is 2.58. The zero-order valence-corrected chi connectivity index (χ0v) is 13.4. The van der Waals surface area contributed by atoms with Crippen molar-refractivity contribution in [2.75, 3.05) is 0 Å². The topological polar surface area (TPSA) is 58.6 Å². The van der Waals surface area contributed by atoms with Crippen LogP contribution in [0.25, 0.3) is 0 Å². The van der Waals surface area contributed by atoms with Crippen molar-refractivity contribution in [1.29, 1.82) is 0 Å². The third-order valence-electron chi connectivity index (χ3n) is 5.97. The van der Waals surface area contributed by atoms with Gasteiger partial charge in [-0.1, -0.05) is 43.2 Å². The number of ether oxygens (including phenoxy) is 1. The van der Waals surface area contributed by atoms with Crippen LogP contribution in [0.15, 0.2) is 30.3 Å². The molecule has 2 N–H and O–H groups in total. The van der Waals surface area contributed by atoms with E-state index in [4.69, 9.17) is 4.74 Å². The van der Waals surface area contributed by atoms with E-state index in [9.17, 15) is 9.90 Å². The molecular formula is C19H25NO3. The van der Waals surface area contributed by atoms with Gasteiger partial charge in [-0.2, -0.15) is 0 Å². The van der Waals surface area contributed by atoms with Gasteiger partial charge in [-0.15, -0.1) is 0 Å². The van der Waals surface area contributed by atoms with Gasteiger partial charge in [0.15, 0.2) is 5.60 Å². The number of rotatable bonds is 4. The van der Waals surface area contributed by atoms with E-state index in [1.807, 2.05) is 30.3 Å². The first-order valence-electron chi connectivity index (χ1n) is 8.93. The Balaban J connectivity index is 1.58. The number of fused-ring (bicyclic) bond motifs is 2. The van der Waals surface area contributed by atoms with Gasteiger partial charge in [0.2, 0.25) is 0 Å². The summed E-state index contributed by atoms with van der Waals surface area (Å²) in [5.41, 5.74) is -0.826. The Kier molecular flexibility index (Phi) is 3.90. The molecule has 23 heavy (non-hydrogen) atoms. The fraction of sp³-hybridized carbons (Fsp3) is 0.632. The van der Waals surface area contributed by atoms with E-state index in [1.54, 1.807) is 0 Å². The molecule has 4 rings (SSSR count). The van der Waals surface area contributed by atoms with Gasteiger partial charge in [-0.25, -0.2) is 4.79 Å². The number of hydrogen-bond acceptors (Lipinski definition) is 4. The SMILES string of the molecule is O=C(O[C@H]1CC2CC[C@H]1N2)[C@](O)(c1ccccc1)C1CCCC1. The van der Waals surface area contributed by atoms with Crippen LogP contribution in [0.1, 0.15) is 50.5 Å². The summed E-state index contributed by atoms with van der Waals surface area (Å²) in [5, 5.41) is 14.9. The van der Waals surface area contributed by atoms with Crippen molar-refractivity contribution in [2.24, 2.45) is 5.92 Å². The molecule has 0 aromatic heterocycles. The molecule has 4 heteroatoms. The normalized spacial score (nSPS) is 32.8. The number of carbonyl (C=O) groups excluding carboxylic acids is 1. The average Bonchev–Trinajstić information content (AvgIpc) is 3.32. The monoisotopic (exact) mass is 315 g/mol. The Morgan fingerprint density at radius 1 is 1.13 bits per heavy atom. The maximum absolute atomic E-state index is 13.0. The van der Waals surface area contributed by atoms with Crippen molar-refractivity contribution >= 4 is 5.97 Å². The van der Waals surface area contributed by atoms with E-state index in [1.165, 1.54) is 6.42 Å². The second-order valence-electron chi connectivity index (χ2n) is 7.34. The zero-order valence-electron chi connectivity index (χ0n) is 13.4. The van der Waals surface area contributed by atoms with Crippen molar-refractivity contribution in [3.63, 3.8) is 0 Å². The Hall–Kier alpha value is -1.39. The summed E-state index contributed by atoms with van der Waals surface area (Å²) in [6, 6.07) is 10.1. The molecule has 0 radical (unpaired) electrons. The average molecular weight is 315 g/mol. The molecule has 0 amide bonds. The summed E-state index contributed by atoms with van der Waals surface area (Å²) in [6.45, 7) is 0. The summed E-state index contributed by atoms with van der Waals surface area (Å²) in [7, 11) is 0. The van der Waals surface area contributed by atoms with Crippen molar-refractivity contribution in [3.05, 3.63) is 35.9 Å². The lowest BCUT2D eigenvalue weighted by atomic mass is 9.80. The first kappa shape index (κ1) is 15.2. The smallest absolute Gasteiger partial charge is 0.343 e. The third-order valence-corrected chi connectivity index (χ3v) is 5.97. The highest BCUT2D eigenvalue weighted by atomic mass is 16.6. The largest absolute Gasteiger partial charge is 0.458 e. The zero-order chi connectivity index (χ0) is 15.9. The minimum atomic E-state index is -1.50. The Morgan fingerprint density at radius 3 is 2.48 bits per heavy atom. The van der Waals surface area contributed by atoms with Crippen LogP contribution in [0.4, 0.5) is 0 Å². The van der Waals surface area contributed by atoms with Crippen molar-refractivity contribution in [2.45, 2.75) is 68.7 Å². The highest BCUT2D eigenvalue weighted by Crippen LogP contribution is 2.42. The molecule has 1 aromatic carbocycles. The molecule has 2 heterocycles. The van der Waals surface area contributed by atoms with Crippen LogP contribution in [0.2, 0.25) is 0 Å². The number of carbonyl (C=O) groups is 1. The van der Waals surface area contributed by atoms with Crippen LogP contribution in [-0.4, -0.2) is 29.3 Å². The molecule has 2 aliphatic heterocycles. The molecule has 2 bridgehead atoms. The molecule has 4 nitrogen and oxygen atoms in total. The second-order valence-corrected chi connectivity index (χ2v) is 7.34. The van der Waals surface area contributed by atoms with E-state index < -0.39 is 11.6 Å². The maximum Gasteiger partial charge on any atom is 0.343 e. The number of hydrogen-bond donors (Lipinski definition) is 2. The minimum Gasteiger partial charge on any atom is -0.458 e. The van der Waals surface area contributed by atoms with E-state index in [0.29, 0.717) is 11.6 Å². The van der Waals surface area contributed by atoms with Crippen LogP contribution < -0.4 is 5.32 Å². The van der Waals surface area contributed by atoms with Gasteiger partial charge >= 0.3 is 5.97 Å². The Labute approximate surface area is 137 Å². The van der Waals surface area contributed by atoms with Crippen LogP contribution in [0.3, 0.4) is 0 Å². The minimum absolute atomic E-state index is 0.0380.